The third kappa shape index (κ3) is 3.22. The molecule has 0 spiro atoms. The number of ether oxygens (including phenoxy) is 1. The van der Waals surface area contributed by atoms with E-state index in [1.165, 1.54) is 12.8 Å². The van der Waals surface area contributed by atoms with Gasteiger partial charge in [0.1, 0.15) is 5.75 Å². The molecule has 1 aromatic carbocycles. The van der Waals surface area contributed by atoms with Crippen LogP contribution in [0.3, 0.4) is 0 Å². The summed E-state index contributed by atoms with van der Waals surface area (Å²) in [5.41, 5.74) is 0.975. The average Bonchev–Trinajstić information content (AvgIpc) is 3.10. The molecular formula is C15H22O2. The summed E-state index contributed by atoms with van der Waals surface area (Å²) >= 11 is 0. The Balaban J connectivity index is 2.08. The smallest absolute Gasteiger partial charge is 0.120 e. The van der Waals surface area contributed by atoms with Gasteiger partial charge in [0, 0.05) is 0 Å². The fourth-order valence-electron chi connectivity index (χ4n) is 2.23. The van der Waals surface area contributed by atoms with Gasteiger partial charge in [-0.2, -0.15) is 0 Å². The fraction of sp³-hybridized carbons (Fsp3) is 0.600. The first-order valence-corrected chi connectivity index (χ1v) is 6.52. The van der Waals surface area contributed by atoms with E-state index in [1.54, 1.807) is 0 Å². The van der Waals surface area contributed by atoms with Gasteiger partial charge in [0.2, 0.25) is 0 Å². The standard InChI is InChI=1S/C15H22O2/c1-10(2)17-14-6-4-5-13(9-14)15(16)11(3)12-7-8-12/h4-6,9-12,15-16H,7-8H2,1-3H3. The Morgan fingerprint density at radius 1 is 1.24 bits per heavy atom. The minimum absolute atomic E-state index is 0.170. The van der Waals surface area contributed by atoms with E-state index in [0.717, 1.165) is 11.3 Å². The Labute approximate surface area is 104 Å². The first kappa shape index (κ1) is 12.4. The van der Waals surface area contributed by atoms with E-state index in [2.05, 4.69) is 6.92 Å². The van der Waals surface area contributed by atoms with Crippen molar-refractivity contribution in [3.63, 3.8) is 0 Å². The number of rotatable bonds is 5. The SMILES string of the molecule is CC(C)Oc1cccc(C(O)C(C)C2CC2)c1. The maximum Gasteiger partial charge on any atom is 0.120 e. The number of aliphatic hydroxyl groups excluding tert-OH is 1. The Kier molecular flexibility index (Phi) is 3.72. The van der Waals surface area contributed by atoms with Gasteiger partial charge >= 0.3 is 0 Å². The molecule has 1 aromatic rings. The second-order valence-electron chi connectivity index (χ2n) is 5.38. The summed E-state index contributed by atoms with van der Waals surface area (Å²) in [7, 11) is 0. The highest BCUT2D eigenvalue weighted by Crippen LogP contribution is 2.42. The second-order valence-corrected chi connectivity index (χ2v) is 5.38. The minimum Gasteiger partial charge on any atom is -0.491 e. The van der Waals surface area contributed by atoms with Crippen LogP contribution in [-0.4, -0.2) is 11.2 Å². The zero-order valence-corrected chi connectivity index (χ0v) is 10.9. The van der Waals surface area contributed by atoms with Gasteiger partial charge in [-0.1, -0.05) is 19.1 Å². The van der Waals surface area contributed by atoms with E-state index in [1.807, 2.05) is 38.1 Å². The molecule has 0 bridgehead atoms. The van der Waals surface area contributed by atoms with Crippen molar-refractivity contribution < 1.29 is 9.84 Å². The van der Waals surface area contributed by atoms with Crippen LogP contribution in [-0.2, 0) is 0 Å². The molecule has 1 aliphatic rings. The Morgan fingerprint density at radius 2 is 1.94 bits per heavy atom. The summed E-state index contributed by atoms with van der Waals surface area (Å²) < 4.78 is 5.65. The monoisotopic (exact) mass is 234 g/mol. The predicted octanol–water partition coefficient (Wildman–Crippen LogP) is 3.55. The molecule has 1 aliphatic carbocycles. The van der Waals surface area contributed by atoms with Crippen molar-refractivity contribution >= 4 is 0 Å². The van der Waals surface area contributed by atoms with Crippen molar-refractivity contribution in [3.05, 3.63) is 29.8 Å². The largest absolute Gasteiger partial charge is 0.491 e. The number of hydrogen-bond acceptors (Lipinski definition) is 2. The molecule has 2 unspecified atom stereocenters. The van der Waals surface area contributed by atoms with Gasteiger partial charge < -0.3 is 9.84 Å². The van der Waals surface area contributed by atoms with Crippen molar-refractivity contribution in [2.24, 2.45) is 11.8 Å². The molecule has 0 aliphatic heterocycles. The highest BCUT2D eigenvalue weighted by atomic mass is 16.5. The molecule has 0 heterocycles. The van der Waals surface area contributed by atoms with Gasteiger partial charge in [-0.3, -0.25) is 0 Å². The molecule has 0 saturated heterocycles. The van der Waals surface area contributed by atoms with Crippen LogP contribution < -0.4 is 4.74 Å². The van der Waals surface area contributed by atoms with Crippen molar-refractivity contribution in [1.29, 1.82) is 0 Å². The lowest BCUT2D eigenvalue weighted by Gasteiger charge is -2.19. The summed E-state index contributed by atoms with van der Waals surface area (Å²) in [4.78, 5) is 0. The van der Waals surface area contributed by atoms with Crippen LogP contribution in [0.2, 0.25) is 0 Å². The summed E-state index contributed by atoms with van der Waals surface area (Å²) in [6.07, 6.45) is 2.34. The van der Waals surface area contributed by atoms with Crippen LogP contribution in [0.15, 0.2) is 24.3 Å². The highest BCUT2D eigenvalue weighted by Gasteiger charge is 2.33. The lowest BCUT2D eigenvalue weighted by molar-refractivity contribution is 0.105. The normalized spacial score (nSPS) is 19.1. The average molecular weight is 234 g/mol. The molecule has 2 rings (SSSR count). The molecule has 0 radical (unpaired) electrons. The Hall–Kier alpha value is -1.02. The van der Waals surface area contributed by atoms with Gasteiger partial charge in [0.25, 0.3) is 0 Å². The first-order valence-electron chi connectivity index (χ1n) is 6.52. The summed E-state index contributed by atoms with van der Waals surface area (Å²) in [5.74, 6) is 1.91. The van der Waals surface area contributed by atoms with E-state index < -0.39 is 0 Å². The Bertz CT molecular complexity index is 369. The topological polar surface area (TPSA) is 29.5 Å². The zero-order valence-electron chi connectivity index (χ0n) is 10.9. The molecule has 2 heteroatoms. The molecule has 0 aromatic heterocycles. The number of aliphatic hydroxyl groups is 1. The molecule has 17 heavy (non-hydrogen) atoms. The molecule has 1 saturated carbocycles. The fourth-order valence-corrected chi connectivity index (χ4v) is 2.23. The van der Waals surface area contributed by atoms with Crippen LogP contribution in [0.5, 0.6) is 5.75 Å². The lowest BCUT2D eigenvalue weighted by Crippen LogP contribution is -2.12. The summed E-state index contributed by atoms with van der Waals surface area (Å²) in [5, 5.41) is 10.3. The van der Waals surface area contributed by atoms with Gasteiger partial charge in [-0.15, -0.1) is 0 Å². The van der Waals surface area contributed by atoms with Crippen LogP contribution >= 0.6 is 0 Å². The van der Waals surface area contributed by atoms with E-state index in [-0.39, 0.29) is 12.2 Å². The van der Waals surface area contributed by atoms with Gasteiger partial charge in [-0.25, -0.2) is 0 Å². The molecule has 2 atom stereocenters. The minimum atomic E-state index is -0.363. The van der Waals surface area contributed by atoms with E-state index in [9.17, 15) is 5.11 Å². The van der Waals surface area contributed by atoms with Gasteiger partial charge in [0.15, 0.2) is 0 Å². The molecule has 2 nitrogen and oxygen atoms in total. The maximum atomic E-state index is 10.3. The van der Waals surface area contributed by atoms with Crippen molar-refractivity contribution in [2.45, 2.75) is 45.8 Å². The van der Waals surface area contributed by atoms with Gasteiger partial charge in [0.05, 0.1) is 12.2 Å². The maximum absolute atomic E-state index is 10.3. The van der Waals surface area contributed by atoms with Gasteiger partial charge in [-0.05, 0) is 56.2 Å². The zero-order chi connectivity index (χ0) is 12.4. The quantitative estimate of drug-likeness (QED) is 0.844. The number of benzene rings is 1. The third-order valence-electron chi connectivity index (χ3n) is 3.44. The van der Waals surface area contributed by atoms with E-state index in [0.29, 0.717) is 11.8 Å². The van der Waals surface area contributed by atoms with E-state index >= 15 is 0 Å². The molecule has 0 amide bonds. The molecule has 94 valence electrons. The van der Waals surface area contributed by atoms with Crippen molar-refractivity contribution in [3.8, 4) is 5.75 Å². The van der Waals surface area contributed by atoms with E-state index in [4.69, 9.17) is 4.74 Å². The van der Waals surface area contributed by atoms with Crippen molar-refractivity contribution in [2.75, 3.05) is 0 Å². The lowest BCUT2D eigenvalue weighted by atomic mass is 9.93. The van der Waals surface area contributed by atoms with Crippen molar-refractivity contribution in [1.82, 2.24) is 0 Å². The highest BCUT2D eigenvalue weighted by molar-refractivity contribution is 5.30. The molecule has 1 N–H and O–H groups in total. The Morgan fingerprint density at radius 3 is 2.53 bits per heavy atom. The molecule has 1 fully saturated rings. The summed E-state index contributed by atoms with van der Waals surface area (Å²) in [6.45, 7) is 6.16. The number of hydrogen-bond donors (Lipinski definition) is 1. The molecular weight excluding hydrogens is 212 g/mol. The van der Waals surface area contributed by atoms with Crippen LogP contribution in [0, 0.1) is 11.8 Å². The third-order valence-corrected chi connectivity index (χ3v) is 3.44. The van der Waals surface area contributed by atoms with Crippen LogP contribution in [0.25, 0.3) is 0 Å². The summed E-state index contributed by atoms with van der Waals surface area (Å²) in [6, 6.07) is 7.84. The second kappa shape index (κ2) is 5.09. The first-order chi connectivity index (χ1) is 8.08. The predicted molar refractivity (Wildman–Crippen MR) is 69.1 cm³/mol. The van der Waals surface area contributed by atoms with Crippen LogP contribution in [0.1, 0.15) is 45.3 Å². The van der Waals surface area contributed by atoms with Crippen LogP contribution in [0.4, 0.5) is 0 Å².